The van der Waals surface area contributed by atoms with Gasteiger partial charge in [-0.1, -0.05) is 37.2 Å². The summed E-state index contributed by atoms with van der Waals surface area (Å²) in [5.74, 6) is 5.57. The van der Waals surface area contributed by atoms with Crippen LogP contribution in [0.5, 0.6) is 0 Å². The van der Waals surface area contributed by atoms with Crippen molar-refractivity contribution in [1.82, 2.24) is 0 Å². The van der Waals surface area contributed by atoms with E-state index in [2.05, 4.69) is 16.6 Å². The van der Waals surface area contributed by atoms with Crippen molar-refractivity contribution in [2.45, 2.75) is 32.1 Å². The molecule has 3 nitrogen and oxygen atoms in total. The molecule has 0 saturated heterocycles. The summed E-state index contributed by atoms with van der Waals surface area (Å²) in [6, 6.07) is 5.12. The maximum Gasteiger partial charge on any atom is 0.348 e. The smallest absolute Gasteiger partial charge is 0.348 e. The zero-order chi connectivity index (χ0) is 13.2. The van der Waals surface area contributed by atoms with E-state index in [1.807, 2.05) is 0 Å². The molecule has 0 bridgehead atoms. The lowest BCUT2D eigenvalue weighted by Gasteiger charge is -2.15. The van der Waals surface area contributed by atoms with Gasteiger partial charge in [-0.25, -0.2) is 9.59 Å². The monoisotopic (exact) mass is 254 g/mol. The highest BCUT2D eigenvalue weighted by Gasteiger charge is 2.31. The summed E-state index contributed by atoms with van der Waals surface area (Å²) < 4.78 is 4.62. The van der Waals surface area contributed by atoms with Crippen LogP contribution in [0.3, 0.4) is 0 Å². The lowest BCUT2D eigenvalue weighted by atomic mass is 9.89. The molecule has 2 aliphatic rings. The second-order valence-electron chi connectivity index (χ2n) is 5.01. The Bertz CT molecular complexity index is 598. The quantitative estimate of drug-likeness (QED) is 0.406. The first-order valence-electron chi connectivity index (χ1n) is 6.67. The highest BCUT2D eigenvalue weighted by Crippen LogP contribution is 2.25. The summed E-state index contributed by atoms with van der Waals surface area (Å²) in [7, 11) is 0. The van der Waals surface area contributed by atoms with Gasteiger partial charge in [0.2, 0.25) is 0 Å². The summed E-state index contributed by atoms with van der Waals surface area (Å²) in [4.78, 5) is 23.1. The Hall–Kier alpha value is -2.08. The van der Waals surface area contributed by atoms with Crippen LogP contribution in [0.25, 0.3) is 0 Å². The Kier molecular flexibility index (Phi) is 3.08. The molecule has 3 rings (SSSR count). The third-order valence-corrected chi connectivity index (χ3v) is 3.69. The standard InChI is InChI=1S/C16H14O3/c17-15-13-8-4-7-12(14(13)16(18)19-15)10-9-11-5-2-1-3-6-11/h4,7-8,11H,1-3,5-6H2. The SMILES string of the molecule is O=C1OC(=O)c2c(C#CC3CCCCC3)cccc21. The lowest BCUT2D eigenvalue weighted by Crippen LogP contribution is -2.03. The zero-order valence-corrected chi connectivity index (χ0v) is 10.6. The molecule has 0 aromatic heterocycles. The molecule has 1 aromatic carbocycles. The first kappa shape index (κ1) is 12.0. The lowest BCUT2D eigenvalue weighted by molar-refractivity contribution is 0.0443. The molecular formula is C16H14O3. The van der Waals surface area contributed by atoms with Crippen molar-refractivity contribution in [1.29, 1.82) is 0 Å². The third-order valence-electron chi connectivity index (χ3n) is 3.69. The third kappa shape index (κ3) is 2.26. The van der Waals surface area contributed by atoms with E-state index in [-0.39, 0.29) is 0 Å². The summed E-state index contributed by atoms with van der Waals surface area (Å²) in [5, 5.41) is 0. The maximum atomic E-state index is 11.6. The molecule has 96 valence electrons. The van der Waals surface area contributed by atoms with Crippen molar-refractivity contribution in [3.05, 3.63) is 34.9 Å². The summed E-state index contributed by atoms with van der Waals surface area (Å²) >= 11 is 0. The summed E-state index contributed by atoms with van der Waals surface area (Å²) in [5.41, 5.74) is 1.27. The van der Waals surface area contributed by atoms with Gasteiger partial charge in [-0.05, 0) is 25.0 Å². The zero-order valence-electron chi connectivity index (χ0n) is 10.6. The second-order valence-corrected chi connectivity index (χ2v) is 5.01. The van der Waals surface area contributed by atoms with E-state index in [4.69, 9.17) is 0 Å². The Labute approximate surface area is 112 Å². The van der Waals surface area contributed by atoms with Crippen LogP contribution >= 0.6 is 0 Å². The van der Waals surface area contributed by atoms with Crippen LogP contribution in [0.2, 0.25) is 0 Å². The fraction of sp³-hybridized carbons (Fsp3) is 0.375. The van der Waals surface area contributed by atoms with Crippen LogP contribution < -0.4 is 0 Å². The number of carbonyl (C=O) groups excluding carboxylic acids is 2. The number of hydrogen-bond acceptors (Lipinski definition) is 3. The second kappa shape index (κ2) is 4.89. The average molecular weight is 254 g/mol. The molecule has 0 amide bonds. The van der Waals surface area contributed by atoms with Crippen LogP contribution in [-0.2, 0) is 4.74 Å². The molecule has 1 aromatic rings. The Balaban J connectivity index is 1.92. The van der Waals surface area contributed by atoms with Gasteiger partial charge in [0.15, 0.2) is 0 Å². The van der Waals surface area contributed by atoms with Crippen LogP contribution in [0, 0.1) is 17.8 Å². The molecule has 0 radical (unpaired) electrons. The van der Waals surface area contributed by atoms with Gasteiger partial charge < -0.3 is 4.74 Å². The molecule has 0 atom stereocenters. The van der Waals surface area contributed by atoms with Gasteiger partial charge in [0.25, 0.3) is 0 Å². The first-order valence-corrected chi connectivity index (χ1v) is 6.67. The summed E-state index contributed by atoms with van der Waals surface area (Å²) in [6.45, 7) is 0. The molecule has 1 saturated carbocycles. The number of carbonyl (C=O) groups is 2. The van der Waals surface area contributed by atoms with E-state index in [9.17, 15) is 9.59 Å². The van der Waals surface area contributed by atoms with Crippen LogP contribution in [-0.4, -0.2) is 11.9 Å². The molecule has 1 fully saturated rings. The van der Waals surface area contributed by atoms with E-state index in [0.717, 1.165) is 12.8 Å². The number of esters is 2. The molecule has 0 spiro atoms. The van der Waals surface area contributed by atoms with Crippen molar-refractivity contribution in [3.8, 4) is 11.8 Å². The maximum absolute atomic E-state index is 11.6. The van der Waals surface area contributed by atoms with Crippen LogP contribution in [0.4, 0.5) is 0 Å². The number of benzene rings is 1. The molecule has 1 aliphatic heterocycles. The molecule has 1 aliphatic carbocycles. The van der Waals surface area contributed by atoms with Crippen molar-refractivity contribution < 1.29 is 14.3 Å². The van der Waals surface area contributed by atoms with E-state index >= 15 is 0 Å². The van der Waals surface area contributed by atoms with Crippen molar-refractivity contribution >= 4 is 11.9 Å². The van der Waals surface area contributed by atoms with Crippen LogP contribution in [0.1, 0.15) is 58.4 Å². The highest BCUT2D eigenvalue weighted by molar-refractivity contribution is 6.15. The average Bonchev–Trinajstić information content (AvgIpc) is 2.74. The number of fused-ring (bicyclic) bond motifs is 1. The van der Waals surface area contributed by atoms with Crippen molar-refractivity contribution in [2.24, 2.45) is 5.92 Å². The number of hydrogen-bond donors (Lipinski definition) is 0. The Morgan fingerprint density at radius 2 is 1.84 bits per heavy atom. The van der Waals surface area contributed by atoms with Crippen molar-refractivity contribution in [2.75, 3.05) is 0 Å². The molecular weight excluding hydrogens is 240 g/mol. The van der Waals surface area contributed by atoms with E-state index in [1.54, 1.807) is 18.2 Å². The van der Waals surface area contributed by atoms with Gasteiger partial charge in [-0.2, -0.15) is 0 Å². The van der Waals surface area contributed by atoms with Gasteiger partial charge in [-0.15, -0.1) is 0 Å². The Morgan fingerprint density at radius 3 is 2.63 bits per heavy atom. The predicted octanol–water partition coefficient (Wildman–Crippen LogP) is 2.93. The largest absolute Gasteiger partial charge is 0.386 e. The molecule has 0 unspecified atom stereocenters. The van der Waals surface area contributed by atoms with E-state index in [0.29, 0.717) is 22.6 Å². The fourth-order valence-corrected chi connectivity index (χ4v) is 2.66. The topological polar surface area (TPSA) is 43.4 Å². The first-order chi connectivity index (χ1) is 9.25. The van der Waals surface area contributed by atoms with Gasteiger partial charge in [0.05, 0.1) is 11.1 Å². The fourth-order valence-electron chi connectivity index (χ4n) is 2.66. The summed E-state index contributed by atoms with van der Waals surface area (Å²) in [6.07, 6.45) is 6.01. The number of cyclic esters (lactones) is 2. The van der Waals surface area contributed by atoms with Crippen LogP contribution in [0.15, 0.2) is 18.2 Å². The minimum absolute atomic E-state index is 0.329. The molecule has 0 N–H and O–H groups in total. The Morgan fingerprint density at radius 1 is 1.05 bits per heavy atom. The number of rotatable bonds is 0. The molecule has 1 heterocycles. The molecule has 19 heavy (non-hydrogen) atoms. The minimum atomic E-state index is -0.575. The highest BCUT2D eigenvalue weighted by atomic mass is 16.6. The van der Waals surface area contributed by atoms with Gasteiger partial charge in [0, 0.05) is 11.5 Å². The number of ether oxygens (including phenoxy) is 1. The van der Waals surface area contributed by atoms with Crippen molar-refractivity contribution in [3.63, 3.8) is 0 Å². The minimum Gasteiger partial charge on any atom is -0.386 e. The van der Waals surface area contributed by atoms with E-state index < -0.39 is 11.9 Å². The predicted molar refractivity (Wildman–Crippen MR) is 69.6 cm³/mol. The van der Waals surface area contributed by atoms with Gasteiger partial charge in [-0.3, -0.25) is 0 Å². The van der Waals surface area contributed by atoms with Gasteiger partial charge in [0.1, 0.15) is 0 Å². The normalized spacial score (nSPS) is 18.5. The van der Waals surface area contributed by atoms with E-state index in [1.165, 1.54) is 19.3 Å². The van der Waals surface area contributed by atoms with Gasteiger partial charge >= 0.3 is 11.9 Å². The molecule has 3 heteroatoms.